The number of aliphatic hydroxyl groups excluding tert-OH is 1. The first kappa shape index (κ1) is 13.7. The maximum atomic E-state index is 12.2. The number of allylic oxidation sites excluding steroid dienone is 2. The van der Waals surface area contributed by atoms with Crippen LogP contribution in [0, 0.1) is 11.8 Å². The number of likely N-dealkylation sites (N-methyl/N-ethyl adjacent to an activating group) is 1. The number of rotatable bonds is 5. The third kappa shape index (κ3) is 3.30. The van der Waals surface area contributed by atoms with Crippen molar-refractivity contribution >= 4 is 11.9 Å². The number of amides is 1. The standard InChI is InChI=1S/C12H19NO4/c1-2-13(7-8-14)11(15)9-5-3-4-6-10(9)12(16)17/h3-4,9-10,14H,2,5-8H2,1H3,(H,16,17)/t9-,10+/m1/s1. The number of carboxylic acids is 1. The molecule has 5 heteroatoms. The second kappa shape index (κ2) is 6.39. The lowest BCUT2D eigenvalue weighted by molar-refractivity contribution is -0.150. The third-order valence-electron chi connectivity index (χ3n) is 3.13. The number of carboxylic acid groups (broad SMARTS) is 1. The van der Waals surface area contributed by atoms with Gasteiger partial charge in [0.15, 0.2) is 0 Å². The highest BCUT2D eigenvalue weighted by atomic mass is 16.4. The molecule has 0 fully saturated rings. The number of carbonyl (C=O) groups is 2. The Morgan fingerprint density at radius 2 is 1.88 bits per heavy atom. The molecule has 0 aliphatic heterocycles. The van der Waals surface area contributed by atoms with E-state index in [1.165, 1.54) is 4.90 Å². The van der Waals surface area contributed by atoms with Gasteiger partial charge in [-0.15, -0.1) is 0 Å². The van der Waals surface area contributed by atoms with E-state index in [0.717, 1.165) is 0 Å². The summed E-state index contributed by atoms with van der Waals surface area (Å²) in [4.78, 5) is 24.7. The van der Waals surface area contributed by atoms with Crippen LogP contribution in [0.1, 0.15) is 19.8 Å². The molecule has 17 heavy (non-hydrogen) atoms. The molecule has 0 heterocycles. The molecular weight excluding hydrogens is 222 g/mol. The summed E-state index contributed by atoms with van der Waals surface area (Å²) in [6.45, 7) is 2.48. The first-order valence-corrected chi connectivity index (χ1v) is 5.89. The van der Waals surface area contributed by atoms with Crippen LogP contribution < -0.4 is 0 Å². The molecule has 0 radical (unpaired) electrons. The van der Waals surface area contributed by atoms with Crippen molar-refractivity contribution in [2.75, 3.05) is 19.7 Å². The van der Waals surface area contributed by atoms with Crippen molar-refractivity contribution in [3.63, 3.8) is 0 Å². The van der Waals surface area contributed by atoms with Gasteiger partial charge < -0.3 is 15.1 Å². The van der Waals surface area contributed by atoms with Gasteiger partial charge >= 0.3 is 5.97 Å². The number of aliphatic hydroxyl groups is 1. The van der Waals surface area contributed by atoms with Crippen LogP contribution in [0.5, 0.6) is 0 Å². The molecule has 0 spiro atoms. The molecule has 0 saturated carbocycles. The summed E-state index contributed by atoms with van der Waals surface area (Å²) in [5.41, 5.74) is 0. The third-order valence-corrected chi connectivity index (χ3v) is 3.13. The summed E-state index contributed by atoms with van der Waals surface area (Å²) >= 11 is 0. The summed E-state index contributed by atoms with van der Waals surface area (Å²) in [5, 5.41) is 18.0. The van der Waals surface area contributed by atoms with Crippen LogP contribution in [0.3, 0.4) is 0 Å². The fourth-order valence-electron chi connectivity index (χ4n) is 2.14. The Kier molecular flexibility index (Phi) is 5.15. The van der Waals surface area contributed by atoms with Crippen molar-refractivity contribution in [3.8, 4) is 0 Å². The Balaban J connectivity index is 2.77. The van der Waals surface area contributed by atoms with E-state index in [9.17, 15) is 9.59 Å². The van der Waals surface area contributed by atoms with Gasteiger partial charge in [-0.3, -0.25) is 9.59 Å². The Bertz CT molecular complexity index is 314. The number of nitrogens with zero attached hydrogens (tertiary/aromatic N) is 1. The molecular formula is C12H19NO4. The fourth-order valence-corrected chi connectivity index (χ4v) is 2.14. The molecule has 1 aliphatic rings. The molecule has 2 atom stereocenters. The van der Waals surface area contributed by atoms with Crippen LogP contribution in [0.2, 0.25) is 0 Å². The number of hydrogen-bond acceptors (Lipinski definition) is 3. The molecule has 0 aromatic heterocycles. The van der Waals surface area contributed by atoms with Crippen molar-refractivity contribution in [1.29, 1.82) is 0 Å². The highest BCUT2D eigenvalue weighted by Gasteiger charge is 2.35. The van der Waals surface area contributed by atoms with Crippen molar-refractivity contribution in [2.45, 2.75) is 19.8 Å². The van der Waals surface area contributed by atoms with E-state index in [4.69, 9.17) is 10.2 Å². The minimum atomic E-state index is -0.923. The van der Waals surface area contributed by atoms with Gasteiger partial charge in [-0.05, 0) is 19.8 Å². The molecule has 2 N–H and O–H groups in total. The van der Waals surface area contributed by atoms with Crippen molar-refractivity contribution in [1.82, 2.24) is 4.90 Å². The van der Waals surface area contributed by atoms with E-state index in [2.05, 4.69) is 0 Å². The maximum Gasteiger partial charge on any atom is 0.307 e. The van der Waals surface area contributed by atoms with Crippen LogP contribution in [-0.2, 0) is 9.59 Å². The van der Waals surface area contributed by atoms with Crippen LogP contribution >= 0.6 is 0 Å². The Labute approximate surface area is 101 Å². The molecule has 5 nitrogen and oxygen atoms in total. The molecule has 1 amide bonds. The van der Waals surface area contributed by atoms with Crippen LogP contribution in [0.4, 0.5) is 0 Å². The van der Waals surface area contributed by atoms with Crippen molar-refractivity contribution in [2.24, 2.45) is 11.8 Å². The minimum absolute atomic E-state index is 0.0973. The van der Waals surface area contributed by atoms with Gasteiger partial charge in [-0.1, -0.05) is 12.2 Å². The lowest BCUT2D eigenvalue weighted by atomic mass is 9.82. The molecule has 1 rings (SSSR count). The number of hydrogen-bond donors (Lipinski definition) is 2. The van der Waals surface area contributed by atoms with Gasteiger partial charge in [0, 0.05) is 13.1 Å². The highest BCUT2D eigenvalue weighted by Crippen LogP contribution is 2.27. The van der Waals surface area contributed by atoms with E-state index in [1.54, 1.807) is 0 Å². The van der Waals surface area contributed by atoms with Crippen LogP contribution in [0.15, 0.2) is 12.2 Å². The van der Waals surface area contributed by atoms with Crippen LogP contribution in [0.25, 0.3) is 0 Å². The Morgan fingerprint density at radius 1 is 1.29 bits per heavy atom. The summed E-state index contributed by atoms with van der Waals surface area (Å²) in [6, 6.07) is 0. The van der Waals surface area contributed by atoms with Gasteiger partial charge in [0.25, 0.3) is 0 Å². The summed E-state index contributed by atoms with van der Waals surface area (Å²) in [5.74, 6) is -2.23. The smallest absolute Gasteiger partial charge is 0.307 e. The van der Waals surface area contributed by atoms with Crippen LogP contribution in [-0.4, -0.2) is 46.7 Å². The van der Waals surface area contributed by atoms with Gasteiger partial charge in [-0.25, -0.2) is 0 Å². The van der Waals surface area contributed by atoms with Gasteiger partial charge in [-0.2, -0.15) is 0 Å². The lowest BCUT2D eigenvalue weighted by Gasteiger charge is -2.30. The molecule has 96 valence electrons. The quantitative estimate of drug-likeness (QED) is 0.687. The number of aliphatic carboxylic acids is 1. The molecule has 1 aliphatic carbocycles. The monoisotopic (exact) mass is 241 g/mol. The van der Waals surface area contributed by atoms with E-state index < -0.39 is 17.8 Å². The van der Waals surface area contributed by atoms with E-state index in [0.29, 0.717) is 19.4 Å². The van der Waals surface area contributed by atoms with Gasteiger partial charge in [0.05, 0.1) is 18.4 Å². The predicted molar refractivity (Wildman–Crippen MR) is 62.3 cm³/mol. The van der Waals surface area contributed by atoms with Gasteiger partial charge in [0.1, 0.15) is 0 Å². The topological polar surface area (TPSA) is 77.8 Å². The molecule has 0 bridgehead atoms. The summed E-state index contributed by atoms with van der Waals surface area (Å²) in [7, 11) is 0. The Morgan fingerprint density at radius 3 is 2.35 bits per heavy atom. The fraction of sp³-hybridized carbons (Fsp3) is 0.667. The summed E-state index contributed by atoms with van der Waals surface area (Å²) in [6.07, 6.45) is 4.54. The first-order valence-electron chi connectivity index (χ1n) is 5.89. The zero-order chi connectivity index (χ0) is 12.8. The normalized spacial score (nSPS) is 23.4. The molecule has 0 aromatic carbocycles. The highest BCUT2D eigenvalue weighted by molar-refractivity contribution is 5.85. The maximum absolute atomic E-state index is 12.2. The predicted octanol–water partition coefficient (Wildman–Crippen LogP) is 0.494. The van der Waals surface area contributed by atoms with Crippen molar-refractivity contribution in [3.05, 3.63) is 12.2 Å². The van der Waals surface area contributed by atoms with E-state index in [1.807, 2.05) is 19.1 Å². The lowest BCUT2D eigenvalue weighted by Crippen LogP contribution is -2.42. The molecule has 0 aromatic rings. The average Bonchev–Trinajstić information content (AvgIpc) is 2.35. The molecule has 0 unspecified atom stereocenters. The SMILES string of the molecule is CCN(CCO)C(=O)[C@@H]1CC=CC[C@@H]1C(=O)O. The van der Waals surface area contributed by atoms with E-state index in [-0.39, 0.29) is 19.1 Å². The summed E-state index contributed by atoms with van der Waals surface area (Å²) < 4.78 is 0. The van der Waals surface area contributed by atoms with E-state index >= 15 is 0 Å². The average molecular weight is 241 g/mol. The second-order valence-corrected chi connectivity index (χ2v) is 4.14. The van der Waals surface area contributed by atoms with Crippen molar-refractivity contribution < 1.29 is 19.8 Å². The minimum Gasteiger partial charge on any atom is -0.481 e. The van der Waals surface area contributed by atoms with Gasteiger partial charge in [0.2, 0.25) is 5.91 Å². The zero-order valence-electron chi connectivity index (χ0n) is 10.0. The zero-order valence-corrected chi connectivity index (χ0v) is 10.0. The first-order chi connectivity index (χ1) is 8.11. The number of carbonyl (C=O) groups excluding carboxylic acids is 1. The second-order valence-electron chi connectivity index (χ2n) is 4.14. The largest absolute Gasteiger partial charge is 0.481 e. The molecule has 0 saturated heterocycles. The Hall–Kier alpha value is -1.36.